The minimum Gasteiger partial charge on any atom is -0.469 e. The predicted octanol–water partition coefficient (Wildman–Crippen LogP) is 1.78. The molecule has 2 unspecified atom stereocenters. The molecule has 18 heavy (non-hydrogen) atoms. The Morgan fingerprint density at radius 2 is 2.06 bits per heavy atom. The van der Waals surface area contributed by atoms with Gasteiger partial charge in [-0.3, -0.25) is 4.79 Å². The Morgan fingerprint density at radius 3 is 2.72 bits per heavy atom. The Labute approximate surface area is 111 Å². The summed E-state index contributed by atoms with van der Waals surface area (Å²) in [4.78, 5) is 13.5. The van der Waals surface area contributed by atoms with E-state index >= 15 is 0 Å². The first-order valence-corrected chi connectivity index (χ1v) is 7.16. The van der Waals surface area contributed by atoms with Gasteiger partial charge in [0.25, 0.3) is 0 Å². The number of carbonyl (C=O) groups is 1. The molecule has 2 N–H and O–H groups in total. The third-order valence-corrected chi connectivity index (χ3v) is 4.11. The van der Waals surface area contributed by atoms with Crippen molar-refractivity contribution in [1.29, 1.82) is 0 Å². The van der Waals surface area contributed by atoms with Crippen LogP contribution in [0, 0.1) is 5.92 Å². The molecule has 2 atom stereocenters. The van der Waals surface area contributed by atoms with E-state index in [2.05, 4.69) is 16.7 Å². The number of rotatable bonds is 6. The quantitative estimate of drug-likeness (QED) is 0.581. The van der Waals surface area contributed by atoms with Crippen LogP contribution in [0.25, 0.3) is 0 Å². The van der Waals surface area contributed by atoms with E-state index in [0.29, 0.717) is 18.4 Å². The van der Waals surface area contributed by atoms with Gasteiger partial charge in [-0.15, -0.1) is 0 Å². The summed E-state index contributed by atoms with van der Waals surface area (Å²) in [6.45, 7) is 1.74. The summed E-state index contributed by atoms with van der Waals surface area (Å²) in [6.07, 6.45) is 7.84. The van der Waals surface area contributed by atoms with E-state index < -0.39 is 0 Å². The highest BCUT2D eigenvalue weighted by Gasteiger charge is 2.25. The Bertz CT molecular complexity index is 246. The molecule has 0 heterocycles. The molecule has 0 bridgehead atoms. The monoisotopic (exact) mass is 256 g/mol. The maximum absolute atomic E-state index is 11.1. The average molecular weight is 256 g/mol. The van der Waals surface area contributed by atoms with Crippen LogP contribution in [0.3, 0.4) is 0 Å². The molecule has 0 spiro atoms. The summed E-state index contributed by atoms with van der Waals surface area (Å²) in [7, 11) is 3.61. The highest BCUT2D eigenvalue weighted by Crippen LogP contribution is 2.26. The largest absolute Gasteiger partial charge is 0.469 e. The second-order valence-electron chi connectivity index (χ2n) is 5.36. The smallest absolute Gasteiger partial charge is 0.305 e. The van der Waals surface area contributed by atoms with Crippen molar-refractivity contribution in [2.45, 2.75) is 51.0 Å². The molecule has 0 aromatic rings. The lowest BCUT2D eigenvalue weighted by atomic mass is 9.93. The Kier molecular flexibility index (Phi) is 7.28. The molecular weight excluding hydrogens is 228 g/mol. The van der Waals surface area contributed by atoms with Crippen molar-refractivity contribution in [2.75, 3.05) is 27.2 Å². The second kappa shape index (κ2) is 8.48. The van der Waals surface area contributed by atoms with Gasteiger partial charge in [-0.2, -0.15) is 0 Å². The summed E-state index contributed by atoms with van der Waals surface area (Å²) < 4.78 is 4.66. The van der Waals surface area contributed by atoms with Gasteiger partial charge in [-0.05, 0) is 45.3 Å². The van der Waals surface area contributed by atoms with Gasteiger partial charge in [0.1, 0.15) is 0 Å². The number of esters is 1. The predicted molar refractivity (Wildman–Crippen MR) is 73.3 cm³/mol. The summed E-state index contributed by atoms with van der Waals surface area (Å²) in [5.74, 6) is 0.510. The van der Waals surface area contributed by atoms with E-state index in [1.165, 1.54) is 39.2 Å². The molecule has 4 nitrogen and oxygen atoms in total. The third kappa shape index (κ3) is 4.94. The van der Waals surface area contributed by atoms with Crippen LogP contribution in [0.4, 0.5) is 0 Å². The summed E-state index contributed by atoms with van der Waals surface area (Å²) in [5.41, 5.74) is 5.90. The maximum atomic E-state index is 11.1. The van der Waals surface area contributed by atoms with E-state index in [9.17, 15) is 4.79 Å². The topological polar surface area (TPSA) is 55.6 Å². The molecule has 0 amide bonds. The minimum absolute atomic E-state index is 0.111. The molecule has 0 saturated heterocycles. The molecule has 0 radical (unpaired) electrons. The highest BCUT2D eigenvalue weighted by molar-refractivity contribution is 5.69. The van der Waals surface area contributed by atoms with Gasteiger partial charge in [0, 0.05) is 12.5 Å². The number of nitrogens with two attached hydrogens (primary N) is 1. The molecule has 1 aliphatic carbocycles. The minimum atomic E-state index is -0.111. The summed E-state index contributed by atoms with van der Waals surface area (Å²) >= 11 is 0. The van der Waals surface area contributed by atoms with Crippen LogP contribution in [0.2, 0.25) is 0 Å². The Hall–Kier alpha value is -0.610. The molecule has 1 rings (SSSR count). The van der Waals surface area contributed by atoms with Crippen molar-refractivity contribution in [3.05, 3.63) is 0 Å². The normalized spacial score (nSPS) is 24.9. The molecule has 0 aromatic heterocycles. The fourth-order valence-electron chi connectivity index (χ4n) is 2.96. The van der Waals surface area contributed by atoms with Gasteiger partial charge >= 0.3 is 5.97 Å². The van der Waals surface area contributed by atoms with E-state index in [4.69, 9.17) is 5.73 Å². The molecule has 106 valence electrons. The van der Waals surface area contributed by atoms with Crippen LogP contribution in [-0.4, -0.2) is 44.2 Å². The van der Waals surface area contributed by atoms with Crippen molar-refractivity contribution in [2.24, 2.45) is 11.7 Å². The molecule has 0 aliphatic heterocycles. The molecular formula is C14H28N2O2. The van der Waals surface area contributed by atoms with Crippen molar-refractivity contribution in [3.63, 3.8) is 0 Å². The van der Waals surface area contributed by atoms with E-state index in [0.717, 1.165) is 19.5 Å². The average Bonchev–Trinajstić information content (AvgIpc) is 2.63. The first kappa shape index (κ1) is 15.4. The van der Waals surface area contributed by atoms with Crippen molar-refractivity contribution in [3.8, 4) is 0 Å². The van der Waals surface area contributed by atoms with Gasteiger partial charge in [0.15, 0.2) is 0 Å². The van der Waals surface area contributed by atoms with Crippen LogP contribution < -0.4 is 5.73 Å². The maximum Gasteiger partial charge on any atom is 0.305 e. The van der Waals surface area contributed by atoms with Gasteiger partial charge < -0.3 is 15.4 Å². The van der Waals surface area contributed by atoms with Crippen molar-refractivity contribution in [1.82, 2.24) is 4.90 Å². The third-order valence-electron chi connectivity index (χ3n) is 4.11. The fraction of sp³-hybridized carbons (Fsp3) is 0.929. The lowest BCUT2D eigenvalue weighted by Gasteiger charge is -2.33. The van der Waals surface area contributed by atoms with Crippen molar-refractivity contribution >= 4 is 5.97 Å². The number of nitrogens with zero attached hydrogens (tertiary/aromatic N) is 1. The number of hydrogen-bond donors (Lipinski definition) is 1. The van der Waals surface area contributed by atoms with Gasteiger partial charge in [-0.1, -0.05) is 19.3 Å². The summed E-state index contributed by atoms with van der Waals surface area (Å²) in [6, 6.07) is 0.593. The number of hydrogen-bond acceptors (Lipinski definition) is 4. The number of ether oxygens (including phenoxy) is 1. The standard InChI is InChI=1S/C14H28N2O2/c1-16(10-6-9-14(17)18-2)13-8-5-3-4-7-12(13)11-15/h12-13H,3-11,15H2,1-2H3. The number of methoxy groups -OCH3 is 1. The molecule has 1 fully saturated rings. The van der Waals surface area contributed by atoms with E-state index in [1.54, 1.807) is 0 Å². The number of carbonyl (C=O) groups excluding carboxylic acids is 1. The first-order chi connectivity index (χ1) is 8.69. The lowest BCUT2D eigenvalue weighted by molar-refractivity contribution is -0.140. The molecule has 1 aliphatic rings. The molecule has 4 heteroatoms. The fourth-order valence-corrected chi connectivity index (χ4v) is 2.96. The Morgan fingerprint density at radius 1 is 1.33 bits per heavy atom. The summed E-state index contributed by atoms with van der Waals surface area (Å²) in [5, 5.41) is 0. The molecule has 1 saturated carbocycles. The highest BCUT2D eigenvalue weighted by atomic mass is 16.5. The van der Waals surface area contributed by atoms with Crippen molar-refractivity contribution < 1.29 is 9.53 Å². The molecule has 0 aromatic carbocycles. The first-order valence-electron chi connectivity index (χ1n) is 7.16. The zero-order valence-corrected chi connectivity index (χ0v) is 11.9. The zero-order valence-electron chi connectivity index (χ0n) is 11.9. The van der Waals surface area contributed by atoms with Crippen LogP contribution in [0.5, 0.6) is 0 Å². The zero-order chi connectivity index (χ0) is 13.4. The van der Waals surface area contributed by atoms with Crippen LogP contribution in [0.1, 0.15) is 44.9 Å². The van der Waals surface area contributed by atoms with Crippen LogP contribution in [0.15, 0.2) is 0 Å². The van der Waals surface area contributed by atoms with Gasteiger partial charge in [0.2, 0.25) is 0 Å². The van der Waals surface area contributed by atoms with E-state index in [1.807, 2.05) is 0 Å². The van der Waals surface area contributed by atoms with Gasteiger partial charge in [-0.25, -0.2) is 0 Å². The van der Waals surface area contributed by atoms with Crippen LogP contribution in [-0.2, 0) is 9.53 Å². The lowest BCUT2D eigenvalue weighted by Crippen LogP contribution is -2.41. The SMILES string of the molecule is COC(=O)CCCN(C)C1CCCCCC1CN. The van der Waals surface area contributed by atoms with Crippen LogP contribution >= 0.6 is 0 Å². The van der Waals surface area contributed by atoms with Gasteiger partial charge in [0.05, 0.1) is 7.11 Å². The second-order valence-corrected chi connectivity index (χ2v) is 5.36. The van der Waals surface area contributed by atoms with E-state index in [-0.39, 0.29) is 5.97 Å². The Balaban J connectivity index is 2.37.